The van der Waals surface area contributed by atoms with E-state index < -0.39 is 11.5 Å². The second-order valence-electron chi connectivity index (χ2n) is 6.81. The van der Waals surface area contributed by atoms with Gasteiger partial charge in [-0.15, -0.1) is 0 Å². The van der Waals surface area contributed by atoms with Crippen LogP contribution in [0.1, 0.15) is 39.5 Å². The van der Waals surface area contributed by atoms with Crippen molar-refractivity contribution < 1.29 is 24.5 Å². The number of esters is 1. The number of allylic oxidation sites excluding steroid dienone is 1. The molecule has 0 bridgehead atoms. The molecule has 0 aromatic carbocycles. The second-order valence-corrected chi connectivity index (χ2v) is 6.81. The molecule has 2 aliphatic rings. The van der Waals surface area contributed by atoms with E-state index in [9.17, 15) is 14.7 Å². The molecule has 1 fully saturated rings. The van der Waals surface area contributed by atoms with E-state index in [2.05, 4.69) is 0 Å². The quantitative estimate of drug-likeness (QED) is 0.593. The molecule has 0 unspecified atom stereocenters. The van der Waals surface area contributed by atoms with E-state index in [4.69, 9.17) is 9.84 Å². The molecule has 0 spiro atoms. The van der Waals surface area contributed by atoms with E-state index in [0.717, 1.165) is 19.3 Å². The van der Waals surface area contributed by atoms with Gasteiger partial charge in [0.1, 0.15) is 5.78 Å². The Labute approximate surface area is 131 Å². The fourth-order valence-corrected chi connectivity index (χ4v) is 4.03. The van der Waals surface area contributed by atoms with Crippen molar-refractivity contribution in [3.63, 3.8) is 0 Å². The molecule has 0 aliphatic heterocycles. The molecule has 124 valence electrons. The first kappa shape index (κ1) is 17.2. The number of aliphatic hydroxyl groups excluding tert-OH is 1. The lowest BCUT2D eigenvalue weighted by Gasteiger charge is -2.46. The maximum atomic E-state index is 12.3. The Morgan fingerprint density at radius 3 is 2.73 bits per heavy atom. The van der Waals surface area contributed by atoms with Crippen LogP contribution in [0.3, 0.4) is 0 Å². The standard InChI is InChI=1S/C17H26O5/c1-11(19)22-10-12-3-4-14-13(9-12)5-7-17(2,21)16(14)15(20)6-8-18/h5,7,12-14,16,18,21H,3-4,6,8-10H2,1-2H3/t12-,13-,14-,16-,17+/m0/s1. The van der Waals surface area contributed by atoms with Crippen LogP contribution in [0.15, 0.2) is 12.2 Å². The van der Waals surface area contributed by atoms with E-state index in [0.29, 0.717) is 12.5 Å². The van der Waals surface area contributed by atoms with Gasteiger partial charge in [0.05, 0.1) is 18.1 Å². The molecule has 0 heterocycles. The number of carbonyl (C=O) groups excluding carboxylic acids is 2. The van der Waals surface area contributed by atoms with Crippen LogP contribution in [0, 0.1) is 23.7 Å². The van der Waals surface area contributed by atoms with Gasteiger partial charge in [-0.1, -0.05) is 12.2 Å². The van der Waals surface area contributed by atoms with Gasteiger partial charge >= 0.3 is 5.97 Å². The van der Waals surface area contributed by atoms with Gasteiger partial charge in [0, 0.05) is 20.0 Å². The van der Waals surface area contributed by atoms with Crippen LogP contribution in [-0.2, 0) is 14.3 Å². The molecule has 0 amide bonds. The summed E-state index contributed by atoms with van der Waals surface area (Å²) in [5.74, 6) is -0.142. The van der Waals surface area contributed by atoms with Gasteiger partial charge in [0.25, 0.3) is 0 Å². The lowest BCUT2D eigenvalue weighted by molar-refractivity contribution is -0.143. The van der Waals surface area contributed by atoms with Crippen LogP contribution >= 0.6 is 0 Å². The minimum Gasteiger partial charge on any atom is -0.466 e. The smallest absolute Gasteiger partial charge is 0.302 e. The monoisotopic (exact) mass is 310 g/mol. The second kappa shape index (κ2) is 6.92. The third kappa shape index (κ3) is 3.76. The maximum Gasteiger partial charge on any atom is 0.302 e. The summed E-state index contributed by atoms with van der Waals surface area (Å²) in [7, 11) is 0. The highest BCUT2D eigenvalue weighted by molar-refractivity contribution is 5.83. The van der Waals surface area contributed by atoms with Crippen molar-refractivity contribution in [3.8, 4) is 0 Å². The predicted octanol–water partition coefficient (Wildman–Crippen LogP) is 1.47. The number of fused-ring (bicyclic) bond motifs is 1. The molecule has 2 N–H and O–H groups in total. The van der Waals surface area contributed by atoms with Crippen LogP contribution in [0.5, 0.6) is 0 Å². The number of ether oxygens (including phenoxy) is 1. The zero-order valence-electron chi connectivity index (χ0n) is 13.3. The van der Waals surface area contributed by atoms with Gasteiger partial charge in [-0.25, -0.2) is 0 Å². The van der Waals surface area contributed by atoms with Crippen LogP contribution in [0.2, 0.25) is 0 Å². The predicted molar refractivity (Wildman–Crippen MR) is 80.9 cm³/mol. The van der Waals surface area contributed by atoms with Crippen molar-refractivity contribution in [2.45, 2.75) is 45.1 Å². The van der Waals surface area contributed by atoms with E-state index in [1.54, 1.807) is 13.0 Å². The summed E-state index contributed by atoms with van der Waals surface area (Å²) in [6, 6.07) is 0. The van der Waals surface area contributed by atoms with E-state index in [1.165, 1.54) is 6.92 Å². The largest absolute Gasteiger partial charge is 0.466 e. The molecule has 5 atom stereocenters. The number of Topliss-reactive ketones (excluding diaryl/α,β-unsaturated/α-hetero) is 1. The summed E-state index contributed by atoms with van der Waals surface area (Å²) in [4.78, 5) is 23.3. The molecule has 2 aliphatic carbocycles. The van der Waals surface area contributed by atoms with Crippen molar-refractivity contribution in [2.24, 2.45) is 23.7 Å². The summed E-state index contributed by atoms with van der Waals surface area (Å²) in [5.41, 5.74) is -1.14. The highest BCUT2D eigenvalue weighted by Gasteiger charge is 2.47. The molecule has 0 radical (unpaired) electrons. The number of hydrogen-bond donors (Lipinski definition) is 2. The highest BCUT2D eigenvalue weighted by atomic mass is 16.5. The molecule has 1 saturated carbocycles. The van der Waals surface area contributed by atoms with E-state index in [-0.39, 0.29) is 36.6 Å². The maximum absolute atomic E-state index is 12.3. The summed E-state index contributed by atoms with van der Waals surface area (Å²) >= 11 is 0. The van der Waals surface area contributed by atoms with Crippen molar-refractivity contribution in [3.05, 3.63) is 12.2 Å². The Bertz CT molecular complexity index is 454. The molecular weight excluding hydrogens is 284 g/mol. The van der Waals surface area contributed by atoms with Gasteiger partial charge in [0.2, 0.25) is 0 Å². The molecular formula is C17H26O5. The zero-order valence-corrected chi connectivity index (χ0v) is 13.3. The van der Waals surface area contributed by atoms with Crippen molar-refractivity contribution >= 4 is 11.8 Å². The first-order valence-corrected chi connectivity index (χ1v) is 8.04. The van der Waals surface area contributed by atoms with E-state index >= 15 is 0 Å². The molecule has 5 heteroatoms. The molecule has 0 aromatic heterocycles. The molecule has 22 heavy (non-hydrogen) atoms. The Morgan fingerprint density at radius 1 is 1.36 bits per heavy atom. The topological polar surface area (TPSA) is 83.8 Å². The van der Waals surface area contributed by atoms with Crippen LogP contribution in [0.4, 0.5) is 0 Å². The third-order valence-electron chi connectivity index (χ3n) is 5.03. The van der Waals surface area contributed by atoms with E-state index in [1.807, 2.05) is 6.08 Å². The minimum atomic E-state index is -1.14. The van der Waals surface area contributed by atoms with Crippen molar-refractivity contribution in [1.29, 1.82) is 0 Å². The number of rotatable bonds is 5. The van der Waals surface area contributed by atoms with Gasteiger partial charge in [0.15, 0.2) is 0 Å². The number of carbonyl (C=O) groups is 2. The summed E-state index contributed by atoms with van der Waals surface area (Å²) in [6.45, 7) is 3.33. The summed E-state index contributed by atoms with van der Waals surface area (Å²) < 4.78 is 5.10. The van der Waals surface area contributed by atoms with Crippen molar-refractivity contribution in [1.82, 2.24) is 0 Å². The molecule has 0 aromatic rings. The SMILES string of the molecule is CC(=O)OC[C@H]1CC[C@@H]2[C@@H](C(=O)CCO)[C@](C)(O)C=C[C@H]2C1. The lowest BCUT2D eigenvalue weighted by atomic mass is 9.60. The fraction of sp³-hybridized carbons (Fsp3) is 0.765. The van der Waals surface area contributed by atoms with Crippen LogP contribution < -0.4 is 0 Å². The van der Waals surface area contributed by atoms with Crippen LogP contribution in [-0.4, -0.2) is 40.8 Å². The Morgan fingerprint density at radius 2 is 2.09 bits per heavy atom. The average molecular weight is 310 g/mol. The van der Waals surface area contributed by atoms with Gasteiger partial charge < -0.3 is 14.9 Å². The first-order chi connectivity index (χ1) is 10.3. The fourth-order valence-electron chi connectivity index (χ4n) is 4.03. The van der Waals surface area contributed by atoms with Gasteiger partial charge in [-0.3, -0.25) is 9.59 Å². The summed E-state index contributed by atoms with van der Waals surface area (Å²) in [6.07, 6.45) is 6.41. The molecule has 5 nitrogen and oxygen atoms in total. The zero-order chi connectivity index (χ0) is 16.3. The Hall–Kier alpha value is -1.20. The minimum absolute atomic E-state index is 0.0646. The lowest BCUT2D eigenvalue weighted by Crippen LogP contribution is -2.49. The average Bonchev–Trinajstić information content (AvgIpc) is 2.44. The Kier molecular flexibility index (Phi) is 5.40. The molecule has 2 rings (SSSR count). The Balaban J connectivity index is 2.09. The number of ketones is 1. The van der Waals surface area contributed by atoms with Crippen LogP contribution in [0.25, 0.3) is 0 Å². The van der Waals surface area contributed by atoms with Gasteiger partial charge in [-0.2, -0.15) is 0 Å². The molecule has 0 saturated heterocycles. The van der Waals surface area contributed by atoms with Gasteiger partial charge in [-0.05, 0) is 43.9 Å². The highest BCUT2D eigenvalue weighted by Crippen LogP contribution is 2.46. The number of aliphatic hydroxyl groups is 2. The summed E-state index contributed by atoms with van der Waals surface area (Å²) in [5, 5.41) is 19.6. The number of hydrogen-bond acceptors (Lipinski definition) is 5. The normalized spacial score (nSPS) is 37.5. The first-order valence-electron chi connectivity index (χ1n) is 8.04. The van der Waals surface area contributed by atoms with Crippen molar-refractivity contribution in [2.75, 3.05) is 13.2 Å². The third-order valence-corrected chi connectivity index (χ3v) is 5.03.